The fourth-order valence-corrected chi connectivity index (χ4v) is 4.34. The number of para-hydroxylation sites is 2. The van der Waals surface area contributed by atoms with Crippen LogP contribution in [0.1, 0.15) is 4.88 Å². The Kier molecular flexibility index (Phi) is 5.19. The van der Waals surface area contributed by atoms with E-state index in [-0.39, 0.29) is 18.0 Å². The highest BCUT2D eigenvalue weighted by atomic mass is 35.5. The molecule has 0 unspecified atom stereocenters. The first-order valence-electron chi connectivity index (χ1n) is 8.95. The van der Waals surface area contributed by atoms with Crippen molar-refractivity contribution in [3.63, 3.8) is 0 Å². The van der Waals surface area contributed by atoms with Gasteiger partial charge < -0.3 is 10.4 Å². The van der Waals surface area contributed by atoms with Crippen LogP contribution in [0, 0.1) is 6.92 Å². The maximum Gasteiger partial charge on any atom is 0.337 e. The largest absolute Gasteiger partial charge is 0.506 e. The number of nitrogens with one attached hydrogen (secondary N) is 1. The molecule has 0 aliphatic carbocycles. The number of aromatic nitrogens is 2. The van der Waals surface area contributed by atoms with Gasteiger partial charge in [-0.25, -0.2) is 9.36 Å². The summed E-state index contributed by atoms with van der Waals surface area (Å²) in [5, 5.41) is 13.2. The highest BCUT2D eigenvalue weighted by Crippen LogP contribution is 2.24. The fourth-order valence-electron chi connectivity index (χ4n) is 3.17. The smallest absolute Gasteiger partial charge is 0.337 e. The van der Waals surface area contributed by atoms with Crippen molar-refractivity contribution in [1.82, 2.24) is 9.13 Å². The van der Waals surface area contributed by atoms with Gasteiger partial charge in [-0.15, -0.1) is 11.3 Å². The zero-order chi connectivity index (χ0) is 21.4. The lowest BCUT2D eigenvalue weighted by Crippen LogP contribution is -2.40. The van der Waals surface area contributed by atoms with Crippen molar-refractivity contribution in [2.24, 2.45) is 0 Å². The number of hydrogen-bond acceptors (Lipinski definition) is 5. The van der Waals surface area contributed by atoms with E-state index in [0.717, 1.165) is 9.44 Å². The Balaban J connectivity index is 1.85. The number of hydrogen-bond donors (Lipinski definition) is 2. The average Bonchev–Trinajstić information content (AvgIpc) is 3.09. The quantitative estimate of drug-likeness (QED) is 0.474. The van der Waals surface area contributed by atoms with Crippen LogP contribution in [0.25, 0.3) is 15.9 Å². The third-order valence-corrected chi connectivity index (χ3v) is 5.79. The average molecular weight is 442 g/mol. The van der Waals surface area contributed by atoms with Crippen LogP contribution < -0.4 is 16.6 Å². The van der Waals surface area contributed by atoms with E-state index in [4.69, 9.17) is 11.6 Å². The molecule has 30 heavy (non-hydrogen) atoms. The zero-order valence-corrected chi connectivity index (χ0v) is 17.3. The molecule has 2 heterocycles. The number of amides is 1. The molecule has 7 nitrogen and oxygen atoms in total. The zero-order valence-electron chi connectivity index (χ0n) is 15.8. The molecular weight excluding hydrogens is 426 g/mol. The van der Waals surface area contributed by atoms with Crippen molar-refractivity contribution >= 4 is 44.7 Å². The van der Waals surface area contributed by atoms with Gasteiger partial charge >= 0.3 is 5.69 Å². The predicted molar refractivity (Wildman–Crippen MR) is 118 cm³/mol. The highest BCUT2D eigenvalue weighted by Gasteiger charge is 2.19. The molecule has 0 saturated heterocycles. The number of rotatable bonds is 4. The molecule has 0 spiro atoms. The summed E-state index contributed by atoms with van der Waals surface area (Å²) >= 11 is 7.30. The summed E-state index contributed by atoms with van der Waals surface area (Å²) in [6.45, 7) is 1.50. The van der Waals surface area contributed by atoms with Crippen LogP contribution in [0.4, 0.5) is 5.69 Å². The van der Waals surface area contributed by atoms with Gasteiger partial charge in [0.05, 0.1) is 16.8 Å². The number of aryl methyl sites for hydroxylation is 1. The third-order valence-electron chi connectivity index (χ3n) is 4.48. The van der Waals surface area contributed by atoms with Crippen LogP contribution in [0.5, 0.6) is 5.75 Å². The number of phenols is 1. The molecule has 4 aromatic rings. The Morgan fingerprint density at radius 3 is 2.63 bits per heavy atom. The van der Waals surface area contributed by atoms with E-state index >= 15 is 0 Å². The van der Waals surface area contributed by atoms with Crippen LogP contribution in [0.15, 0.2) is 64.2 Å². The molecule has 0 fully saturated rings. The molecule has 4 rings (SSSR count). The number of carbonyl (C=O) groups excluding carboxylic acids is 1. The number of aromatic hydroxyl groups is 1. The Labute approximate surface area is 179 Å². The molecule has 2 aromatic heterocycles. The van der Waals surface area contributed by atoms with Crippen molar-refractivity contribution in [3.8, 4) is 11.4 Å². The summed E-state index contributed by atoms with van der Waals surface area (Å²) in [7, 11) is 0. The van der Waals surface area contributed by atoms with Gasteiger partial charge in [0.1, 0.15) is 17.1 Å². The minimum atomic E-state index is -0.649. The molecular formula is C21H16ClN3O4S. The minimum Gasteiger partial charge on any atom is -0.506 e. The summed E-state index contributed by atoms with van der Waals surface area (Å²) < 4.78 is 2.26. The SMILES string of the molecule is Cc1cc2c(=O)n(-c3cccc(Cl)c3)c(=O)n(CC(=O)Nc3ccccc3O)c2s1. The molecule has 0 aliphatic rings. The van der Waals surface area contributed by atoms with Crippen molar-refractivity contribution in [1.29, 1.82) is 0 Å². The Hall–Kier alpha value is -3.36. The van der Waals surface area contributed by atoms with E-state index in [2.05, 4.69) is 5.32 Å². The Morgan fingerprint density at radius 2 is 1.90 bits per heavy atom. The summed E-state index contributed by atoms with van der Waals surface area (Å²) in [5.41, 5.74) is -0.571. The molecule has 0 radical (unpaired) electrons. The van der Waals surface area contributed by atoms with E-state index in [0.29, 0.717) is 20.9 Å². The van der Waals surface area contributed by atoms with Gasteiger partial charge in [-0.3, -0.25) is 14.2 Å². The number of benzene rings is 2. The Bertz CT molecular complexity index is 1400. The van der Waals surface area contributed by atoms with Gasteiger partial charge in [-0.05, 0) is 43.3 Å². The van der Waals surface area contributed by atoms with Gasteiger partial charge in [0, 0.05) is 9.90 Å². The maximum atomic E-state index is 13.2. The Morgan fingerprint density at radius 1 is 1.13 bits per heavy atom. The van der Waals surface area contributed by atoms with Crippen LogP contribution in [0.2, 0.25) is 5.02 Å². The molecule has 0 aliphatic heterocycles. The van der Waals surface area contributed by atoms with Gasteiger partial charge in [0.15, 0.2) is 0 Å². The predicted octanol–water partition coefficient (Wildman–Crippen LogP) is 3.52. The third kappa shape index (κ3) is 3.62. The lowest BCUT2D eigenvalue weighted by atomic mass is 10.3. The van der Waals surface area contributed by atoms with E-state index in [1.54, 1.807) is 42.5 Å². The fraction of sp³-hybridized carbons (Fsp3) is 0.0952. The summed E-state index contributed by atoms with van der Waals surface area (Å²) in [4.78, 5) is 40.1. The first kappa shape index (κ1) is 19.9. The van der Waals surface area contributed by atoms with Gasteiger partial charge in [0.25, 0.3) is 5.56 Å². The molecule has 2 N–H and O–H groups in total. The van der Waals surface area contributed by atoms with Crippen molar-refractivity contribution in [2.75, 3.05) is 5.32 Å². The number of carbonyl (C=O) groups is 1. The van der Waals surface area contributed by atoms with Crippen LogP contribution in [-0.4, -0.2) is 20.1 Å². The molecule has 0 bridgehead atoms. The second kappa shape index (κ2) is 7.81. The maximum absolute atomic E-state index is 13.2. The van der Waals surface area contributed by atoms with Crippen LogP contribution in [-0.2, 0) is 11.3 Å². The molecule has 152 valence electrons. The number of anilines is 1. The lowest BCUT2D eigenvalue weighted by molar-refractivity contribution is -0.116. The summed E-state index contributed by atoms with van der Waals surface area (Å²) in [6.07, 6.45) is 0. The van der Waals surface area contributed by atoms with E-state index in [1.165, 1.54) is 28.0 Å². The van der Waals surface area contributed by atoms with E-state index in [1.807, 2.05) is 6.92 Å². The second-order valence-corrected chi connectivity index (χ2v) is 8.30. The number of nitrogens with zero attached hydrogens (tertiary/aromatic N) is 2. The van der Waals surface area contributed by atoms with Crippen molar-refractivity contribution < 1.29 is 9.90 Å². The second-order valence-electron chi connectivity index (χ2n) is 6.63. The molecule has 1 amide bonds. The normalized spacial score (nSPS) is 11.0. The summed E-state index contributed by atoms with van der Waals surface area (Å²) in [5.74, 6) is -0.596. The highest BCUT2D eigenvalue weighted by molar-refractivity contribution is 7.18. The monoisotopic (exact) mass is 441 g/mol. The molecule has 0 atom stereocenters. The van der Waals surface area contributed by atoms with Gasteiger partial charge in [-0.1, -0.05) is 29.8 Å². The van der Waals surface area contributed by atoms with E-state index in [9.17, 15) is 19.5 Å². The summed E-state index contributed by atoms with van der Waals surface area (Å²) in [6, 6.07) is 14.4. The first-order valence-corrected chi connectivity index (χ1v) is 10.1. The molecule has 0 saturated carbocycles. The number of thiophene rings is 1. The number of fused-ring (bicyclic) bond motifs is 1. The number of halogens is 1. The topological polar surface area (TPSA) is 93.3 Å². The van der Waals surface area contributed by atoms with Crippen molar-refractivity contribution in [2.45, 2.75) is 13.5 Å². The standard InChI is InChI=1S/C21H16ClN3O4S/c1-12-9-15-19(28)25(14-6-4-5-13(22)10-14)21(29)24(20(15)30-12)11-18(27)23-16-7-2-3-8-17(16)26/h2-10,26H,11H2,1H3,(H,23,27). The minimum absolute atomic E-state index is 0.0841. The van der Waals surface area contributed by atoms with Crippen molar-refractivity contribution in [3.05, 3.63) is 85.3 Å². The number of phenolic OH excluding ortho intramolecular Hbond substituents is 1. The van der Waals surface area contributed by atoms with Crippen LogP contribution in [0.3, 0.4) is 0 Å². The van der Waals surface area contributed by atoms with Gasteiger partial charge in [0.2, 0.25) is 5.91 Å². The van der Waals surface area contributed by atoms with Crippen LogP contribution >= 0.6 is 22.9 Å². The van der Waals surface area contributed by atoms with E-state index < -0.39 is 17.2 Å². The van der Waals surface area contributed by atoms with Gasteiger partial charge in [-0.2, -0.15) is 0 Å². The molecule has 9 heteroatoms. The lowest BCUT2D eigenvalue weighted by Gasteiger charge is -2.13. The molecule has 2 aromatic carbocycles. The first-order chi connectivity index (χ1) is 14.3.